The van der Waals surface area contributed by atoms with Crippen LogP contribution in [0, 0.1) is 0 Å². The molecular weight excluding hydrogens is 284 g/mol. The van der Waals surface area contributed by atoms with Gasteiger partial charge in [-0.25, -0.2) is 13.1 Å². The van der Waals surface area contributed by atoms with E-state index in [-0.39, 0.29) is 11.3 Å². The van der Waals surface area contributed by atoms with E-state index in [2.05, 4.69) is 40.8 Å². The first kappa shape index (κ1) is 15.0. The molecule has 1 aromatic rings. The molecule has 5 heteroatoms. The van der Waals surface area contributed by atoms with Gasteiger partial charge in [-0.05, 0) is 44.7 Å². The molecule has 0 radical (unpaired) electrons. The van der Waals surface area contributed by atoms with Gasteiger partial charge >= 0.3 is 0 Å². The first-order valence-electron chi connectivity index (χ1n) is 7.86. The molecule has 1 saturated carbocycles. The van der Waals surface area contributed by atoms with Crippen LogP contribution < -0.4 is 4.72 Å². The van der Waals surface area contributed by atoms with Crippen LogP contribution in [0.5, 0.6) is 0 Å². The topological polar surface area (TPSA) is 49.4 Å². The summed E-state index contributed by atoms with van der Waals surface area (Å²) in [6, 6.07) is 10.8. The standard InChI is InChI=1S/C16H24N2O2S/c1-13(14-6-3-2-4-7-14)18-11-5-8-15(12-18)17-21(19,20)16-9-10-16/h2-4,6-7,13,15-17H,5,8-12H2,1H3. The molecule has 2 atom stereocenters. The van der Waals surface area contributed by atoms with Crippen LogP contribution in [0.4, 0.5) is 0 Å². The zero-order valence-electron chi connectivity index (χ0n) is 12.5. The highest BCUT2D eigenvalue weighted by Gasteiger charge is 2.38. The molecule has 0 spiro atoms. The monoisotopic (exact) mass is 308 g/mol. The van der Waals surface area contributed by atoms with E-state index in [0.29, 0.717) is 6.04 Å². The molecule has 3 rings (SSSR count). The Bertz CT molecular complexity index is 569. The second kappa shape index (κ2) is 6.07. The number of rotatable bonds is 5. The molecule has 116 valence electrons. The van der Waals surface area contributed by atoms with Crippen LogP contribution in [0.3, 0.4) is 0 Å². The lowest BCUT2D eigenvalue weighted by Gasteiger charge is -2.37. The maximum atomic E-state index is 12.1. The van der Waals surface area contributed by atoms with Gasteiger partial charge in [-0.1, -0.05) is 30.3 Å². The average molecular weight is 308 g/mol. The number of hydrogen-bond acceptors (Lipinski definition) is 3. The molecule has 1 aliphatic carbocycles. The third-order valence-electron chi connectivity index (χ3n) is 4.58. The number of nitrogens with zero attached hydrogens (tertiary/aromatic N) is 1. The third-order valence-corrected chi connectivity index (χ3v) is 6.59. The maximum absolute atomic E-state index is 12.1. The van der Waals surface area contributed by atoms with Gasteiger partial charge in [-0.3, -0.25) is 4.90 Å². The lowest BCUT2D eigenvalue weighted by Crippen LogP contribution is -2.49. The number of benzene rings is 1. The summed E-state index contributed by atoms with van der Waals surface area (Å²) in [4.78, 5) is 2.39. The second-order valence-corrected chi connectivity index (χ2v) is 8.28. The van der Waals surface area contributed by atoms with E-state index in [1.165, 1.54) is 5.56 Å². The van der Waals surface area contributed by atoms with E-state index in [1.807, 2.05) is 6.07 Å². The molecule has 1 N–H and O–H groups in total. The van der Waals surface area contributed by atoms with E-state index in [0.717, 1.165) is 38.8 Å². The summed E-state index contributed by atoms with van der Waals surface area (Å²) in [5.41, 5.74) is 1.29. The molecule has 4 nitrogen and oxygen atoms in total. The fourth-order valence-corrected chi connectivity index (χ4v) is 4.71. The van der Waals surface area contributed by atoms with Crippen LogP contribution in [0.2, 0.25) is 0 Å². The molecule has 0 aromatic heterocycles. The minimum atomic E-state index is -3.08. The third kappa shape index (κ3) is 3.65. The summed E-state index contributed by atoms with van der Waals surface area (Å²) < 4.78 is 27.1. The molecule has 1 heterocycles. The minimum Gasteiger partial charge on any atom is -0.295 e. The smallest absolute Gasteiger partial charge is 0.214 e. The zero-order valence-corrected chi connectivity index (χ0v) is 13.3. The lowest BCUT2D eigenvalue weighted by molar-refractivity contribution is 0.154. The van der Waals surface area contributed by atoms with E-state index in [1.54, 1.807) is 0 Å². The van der Waals surface area contributed by atoms with Crippen LogP contribution in [-0.2, 0) is 10.0 Å². The maximum Gasteiger partial charge on any atom is 0.214 e. The lowest BCUT2D eigenvalue weighted by atomic mass is 10.0. The largest absolute Gasteiger partial charge is 0.295 e. The summed E-state index contributed by atoms with van der Waals surface area (Å²) >= 11 is 0. The predicted octanol–water partition coefficient (Wildman–Crippen LogP) is 2.29. The molecule has 1 aliphatic heterocycles. The summed E-state index contributed by atoms with van der Waals surface area (Å²) in [6.07, 6.45) is 3.65. The van der Waals surface area contributed by atoms with Gasteiger partial charge in [-0.15, -0.1) is 0 Å². The van der Waals surface area contributed by atoms with Gasteiger partial charge in [0, 0.05) is 18.6 Å². The van der Waals surface area contributed by atoms with Gasteiger partial charge in [0.15, 0.2) is 0 Å². The first-order chi connectivity index (χ1) is 10.1. The minimum absolute atomic E-state index is 0.0653. The number of piperidine rings is 1. The van der Waals surface area contributed by atoms with Crippen molar-refractivity contribution in [2.45, 2.75) is 49.9 Å². The quantitative estimate of drug-likeness (QED) is 0.908. The van der Waals surface area contributed by atoms with Crippen molar-refractivity contribution >= 4 is 10.0 Å². The Balaban J connectivity index is 1.63. The molecule has 2 aliphatic rings. The van der Waals surface area contributed by atoms with Gasteiger partial charge in [0.05, 0.1) is 5.25 Å². The van der Waals surface area contributed by atoms with Gasteiger partial charge in [-0.2, -0.15) is 0 Å². The molecule has 1 saturated heterocycles. The highest BCUT2D eigenvalue weighted by atomic mass is 32.2. The van der Waals surface area contributed by atoms with Crippen molar-refractivity contribution in [3.8, 4) is 0 Å². The van der Waals surface area contributed by atoms with Gasteiger partial charge in [0.1, 0.15) is 0 Å². The van der Waals surface area contributed by atoms with Crippen LogP contribution >= 0.6 is 0 Å². The Labute approximate surface area is 127 Å². The van der Waals surface area contributed by atoms with Crippen LogP contribution in [0.15, 0.2) is 30.3 Å². The van der Waals surface area contributed by atoms with Crippen LogP contribution in [0.25, 0.3) is 0 Å². The Morgan fingerprint density at radius 3 is 2.57 bits per heavy atom. The summed E-state index contributed by atoms with van der Waals surface area (Å²) in [7, 11) is -3.08. The SMILES string of the molecule is CC(c1ccccc1)N1CCCC(NS(=O)(=O)C2CC2)C1. The zero-order chi connectivity index (χ0) is 14.9. The molecule has 2 fully saturated rings. The van der Waals surface area contributed by atoms with Crippen LogP contribution in [-0.4, -0.2) is 37.7 Å². The van der Waals surface area contributed by atoms with Crippen molar-refractivity contribution in [3.05, 3.63) is 35.9 Å². The average Bonchev–Trinajstić information content (AvgIpc) is 3.32. The van der Waals surface area contributed by atoms with Gasteiger partial charge < -0.3 is 0 Å². The summed E-state index contributed by atoms with van der Waals surface area (Å²) in [6.45, 7) is 4.05. The molecule has 1 aromatic carbocycles. The molecule has 0 bridgehead atoms. The fourth-order valence-electron chi connectivity index (χ4n) is 3.10. The van der Waals surface area contributed by atoms with E-state index >= 15 is 0 Å². The van der Waals surface area contributed by atoms with Crippen molar-refractivity contribution in [2.75, 3.05) is 13.1 Å². The fraction of sp³-hybridized carbons (Fsp3) is 0.625. The van der Waals surface area contributed by atoms with Crippen LogP contribution in [0.1, 0.15) is 44.2 Å². The van der Waals surface area contributed by atoms with Gasteiger partial charge in [0.2, 0.25) is 10.0 Å². The molecule has 21 heavy (non-hydrogen) atoms. The predicted molar refractivity (Wildman–Crippen MR) is 84.5 cm³/mol. The van der Waals surface area contributed by atoms with Gasteiger partial charge in [0.25, 0.3) is 0 Å². The van der Waals surface area contributed by atoms with Crippen molar-refractivity contribution in [3.63, 3.8) is 0 Å². The Hall–Kier alpha value is -0.910. The number of nitrogens with one attached hydrogen (secondary N) is 1. The Morgan fingerprint density at radius 2 is 1.90 bits per heavy atom. The first-order valence-corrected chi connectivity index (χ1v) is 9.41. The van der Waals surface area contributed by atoms with Crippen molar-refractivity contribution in [2.24, 2.45) is 0 Å². The Morgan fingerprint density at radius 1 is 1.19 bits per heavy atom. The van der Waals surface area contributed by atoms with E-state index < -0.39 is 10.0 Å². The number of hydrogen-bond donors (Lipinski definition) is 1. The molecule has 0 amide bonds. The second-order valence-electron chi connectivity index (χ2n) is 6.28. The van der Waals surface area contributed by atoms with Crippen molar-refractivity contribution in [1.29, 1.82) is 0 Å². The summed E-state index contributed by atoms with van der Waals surface area (Å²) in [5, 5.41) is -0.126. The summed E-state index contributed by atoms with van der Waals surface area (Å²) in [5.74, 6) is 0. The highest BCUT2D eigenvalue weighted by Crippen LogP contribution is 2.29. The normalized spacial score (nSPS) is 25.7. The van der Waals surface area contributed by atoms with E-state index in [9.17, 15) is 8.42 Å². The molecular formula is C16H24N2O2S. The number of likely N-dealkylation sites (tertiary alicyclic amines) is 1. The van der Waals surface area contributed by atoms with E-state index in [4.69, 9.17) is 0 Å². The Kier molecular flexibility index (Phi) is 4.33. The molecule has 2 unspecified atom stereocenters. The van der Waals surface area contributed by atoms with Crippen molar-refractivity contribution in [1.82, 2.24) is 9.62 Å². The number of sulfonamides is 1. The van der Waals surface area contributed by atoms with Crippen molar-refractivity contribution < 1.29 is 8.42 Å². The highest BCUT2D eigenvalue weighted by molar-refractivity contribution is 7.90.